The lowest BCUT2D eigenvalue weighted by Crippen LogP contribution is -2.33. The first-order valence-corrected chi connectivity index (χ1v) is 7.50. The average Bonchev–Trinajstić information content (AvgIpc) is 2.89. The van der Waals surface area contributed by atoms with Crippen LogP contribution in [0.15, 0.2) is 16.8 Å². The molecule has 0 aromatic carbocycles. The fourth-order valence-electron chi connectivity index (χ4n) is 2.87. The van der Waals surface area contributed by atoms with E-state index in [1.807, 2.05) is 11.3 Å². The molecule has 1 N–H and O–H groups in total. The van der Waals surface area contributed by atoms with E-state index in [-0.39, 0.29) is 0 Å². The number of rotatable bonds is 5. The van der Waals surface area contributed by atoms with Gasteiger partial charge < -0.3 is 5.32 Å². The van der Waals surface area contributed by atoms with Gasteiger partial charge in [-0.2, -0.15) is 11.3 Å². The lowest BCUT2D eigenvalue weighted by atomic mass is 9.90. The zero-order chi connectivity index (χ0) is 11.4. The van der Waals surface area contributed by atoms with Crippen molar-refractivity contribution in [1.29, 1.82) is 0 Å². The molecule has 90 valence electrons. The molecular weight excluding hydrogens is 214 g/mol. The second-order valence-electron chi connectivity index (χ2n) is 5.09. The molecule has 1 heterocycles. The van der Waals surface area contributed by atoms with Gasteiger partial charge in [0, 0.05) is 6.04 Å². The topological polar surface area (TPSA) is 12.0 Å². The zero-order valence-corrected chi connectivity index (χ0v) is 11.2. The van der Waals surface area contributed by atoms with Crippen LogP contribution in [0.3, 0.4) is 0 Å². The highest BCUT2D eigenvalue weighted by atomic mass is 32.1. The van der Waals surface area contributed by atoms with Crippen LogP contribution < -0.4 is 5.32 Å². The average molecular weight is 237 g/mol. The van der Waals surface area contributed by atoms with Crippen LogP contribution in [0.25, 0.3) is 0 Å². The maximum atomic E-state index is 3.69. The highest BCUT2D eigenvalue weighted by molar-refractivity contribution is 7.07. The van der Waals surface area contributed by atoms with Crippen LogP contribution in [0.1, 0.15) is 38.7 Å². The molecule has 0 amide bonds. The smallest absolute Gasteiger partial charge is 0.00955 e. The summed E-state index contributed by atoms with van der Waals surface area (Å²) in [5.74, 6) is 1.73. The SMILES string of the molecule is CCCNC1CCC(Cc2ccsc2)C1C. The molecule has 1 aliphatic rings. The first kappa shape index (κ1) is 12.1. The number of hydrogen-bond donors (Lipinski definition) is 1. The van der Waals surface area contributed by atoms with Gasteiger partial charge in [0.05, 0.1) is 0 Å². The lowest BCUT2D eigenvalue weighted by Gasteiger charge is -2.21. The summed E-state index contributed by atoms with van der Waals surface area (Å²) < 4.78 is 0. The number of nitrogens with one attached hydrogen (secondary N) is 1. The van der Waals surface area contributed by atoms with Crippen LogP contribution in [0, 0.1) is 11.8 Å². The van der Waals surface area contributed by atoms with E-state index < -0.39 is 0 Å². The van der Waals surface area contributed by atoms with Gasteiger partial charge in [-0.05, 0) is 66.5 Å². The fourth-order valence-corrected chi connectivity index (χ4v) is 3.55. The number of hydrogen-bond acceptors (Lipinski definition) is 2. The van der Waals surface area contributed by atoms with E-state index >= 15 is 0 Å². The van der Waals surface area contributed by atoms with Gasteiger partial charge >= 0.3 is 0 Å². The molecule has 1 aromatic heterocycles. The van der Waals surface area contributed by atoms with Gasteiger partial charge in [0.15, 0.2) is 0 Å². The second-order valence-corrected chi connectivity index (χ2v) is 5.87. The molecule has 1 aliphatic carbocycles. The summed E-state index contributed by atoms with van der Waals surface area (Å²) in [5, 5.41) is 8.19. The van der Waals surface area contributed by atoms with Crippen LogP contribution in [0.2, 0.25) is 0 Å². The molecule has 0 aliphatic heterocycles. The molecule has 3 atom stereocenters. The van der Waals surface area contributed by atoms with Crippen LogP contribution in [-0.4, -0.2) is 12.6 Å². The van der Waals surface area contributed by atoms with Gasteiger partial charge in [-0.1, -0.05) is 13.8 Å². The summed E-state index contributed by atoms with van der Waals surface area (Å²) in [6.45, 7) is 5.85. The Bertz CT molecular complexity index is 294. The van der Waals surface area contributed by atoms with E-state index in [1.54, 1.807) is 0 Å². The van der Waals surface area contributed by atoms with E-state index in [0.717, 1.165) is 17.9 Å². The third-order valence-electron chi connectivity index (χ3n) is 3.96. The van der Waals surface area contributed by atoms with Crippen molar-refractivity contribution in [2.45, 2.75) is 45.6 Å². The van der Waals surface area contributed by atoms with Crippen molar-refractivity contribution in [3.05, 3.63) is 22.4 Å². The predicted molar refractivity (Wildman–Crippen MR) is 72.0 cm³/mol. The molecule has 1 nitrogen and oxygen atoms in total. The molecular formula is C14H23NS. The van der Waals surface area contributed by atoms with Gasteiger partial charge in [-0.15, -0.1) is 0 Å². The quantitative estimate of drug-likeness (QED) is 0.823. The Morgan fingerprint density at radius 2 is 2.31 bits per heavy atom. The van der Waals surface area contributed by atoms with Crippen LogP contribution in [0.5, 0.6) is 0 Å². The Labute approximate surface area is 103 Å². The van der Waals surface area contributed by atoms with E-state index in [2.05, 4.69) is 36.0 Å². The number of thiophene rings is 1. The molecule has 16 heavy (non-hydrogen) atoms. The van der Waals surface area contributed by atoms with Crippen molar-refractivity contribution < 1.29 is 0 Å². The molecule has 0 radical (unpaired) electrons. The molecule has 2 heteroatoms. The minimum Gasteiger partial charge on any atom is -0.314 e. The maximum absolute atomic E-state index is 3.69. The summed E-state index contributed by atoms with van der Waals surface area (Å²) in [7, 11) is 0. The summed E-state index contributed by atoms with van der Waals surface area (Å²) in [6.07, 6.45) is 5.31. The van der Waals surface area contributed by atoms with Gasteiger partial charge in [-0.25, -0.2) is 0 Å². The van der Waals surface area contributed by atoms with Crippen LogP contribution in [-0.2, 0) is 6.42 Å². The molecule has 1 aromatic rings. The van der Waals surface area contributed by atoms with Crippen molar-refractivity contribution in [2.24, 2.45) is 11.8 Å². The van der Waals surface area contributed by atoms with Crippen molar-refractivity contribution in [3.8, 4) is 0 Å². The summed E-state index contributed by atoms with van der Waals surface area (Å²) >= 11 is 1.82. The summed E-state index contributed by atoms with van der Waals surface area (Å²) in [4.78, 5) is 0. The van der Waals surface area contributed by atoms with Crippen LogP contribution >= 0.6 is 11.3 Å². The minimum atomic E-state index is 0.767. The van der Waals surface area contributed by atoms with Crippen molar-refractivity contribution in [1.82, 2.24) is 5.32 Å². The Morgan fingerprint density at radius 3 is 3.00 bits per heavy atom. The fraction of sp³-hybridized carbons (Fsp3) is 0.714. The summed E-state index contributed by atoms with van der Waals surface area (Å²) in [6, 6.07) is 3.05. The Morgan fingerprint density at radius 1 is 1.44 bits per heavy atom. The Balaban J connectivity index is 1.84. The Hall–Kier alpha value is -0.340. The molecule has 1 saturated carbocycles. The zero-order valence-electron chi connectivity index (χ0n) is 10.4. The van der Waals surface area contributed by atoms with E-state index in [0.29, 0.717) is 0 Å². The molecule has 0 spiro atoms. The third-order valence-corrected chi connectivity index (χ3v) is 4.69. The monoisotopic (exact) mass is 237 g/mol. The first-order chi connectivity index (χ1) is 7.81. The molecule has 1 fully saturated rings. The van der Waals surface area contributed by atoms with Gasteiger partial charge in [0.1, 0.15) is 0 Å². The van der Waals surface area contributed by atoms with E-state index in [1.165, 1.54) is 37.8 Å². The maximum Gasteiger partial charge on any atom is 0.00955 e. The molecule has 2 rings (SSSR count). The molecule has 0 bridgehead atoms. The minimum absolute atomic E-state index is 0.767. The Kier molecular flexibility index (Phi) is 4.42. The van der Waals surface area contributed by atoms with E-state index in [9.17, 15) is 0 Å². The van der Waals surface area contributed by atoms with Crippen molar-refractivity contribution in [2.75, 3.05) is 6.54 Å². The van der Waals surface area contributed by atoms with E-state index in [4.69, 9.17) is 0 Å². The van der Waals surface area contributed by atoms with Crippen LogP contribution in [0.4, 0.5) is 0 Å². The predicted octanol–water partition coefficient (Wildman–Crippen LogP) is 3.70. The molecule has 0 saturated heterocycles. The van der Waals surface area contributed by atoms with Crippen molar-refractivity contribution in [3.63, 3.8) is 0 Å². The normalized spacial score (nSPS) is 29.8. The first-order valence-electron chi connectivity index (χ1n) is 6.55. The summed E-state index contributed by atoms with van der Waals surface area (Å²) in [5.41, 5.74) is 1.54. The third kappa shape index (κ3) is 2.86. The standard InChI is InChI=1S/C14H23NS/c1-3-7-15-14-5-4-13(11(14)2)9-12-6-8-16-10-12/h6,8,10-11,13-15H,3-5,7,9H2,1-2H3. The lowest BCUT2D eigenvalue weighted by molar-refractivity contribution is 0.351. The van der Waals surface area contributed by atoms with Crippen molar-refractivity contribution >= 4 is 11.3 Å². The molecule has 3 unspecified atom stereocenters. The van der Waals surface area contributed by atoms with Gasteiger partial charge in [-0.3, -0.25) is 0 Å². The highest BCUT2D eigenvalue weighted by Gasteiger charge is 2.31. The highest BCUT2D eigenvalue weighted by Crippen LogP contribution is 2.34. The van der Waals surface area contributed by atoms with Gasteiger partial charge in [0.2, 0.25) is 0 Å². The largest absolute Gasteiger partial charge is 0.314 e. The second kappa shape index (κ2) is 5.83. The van der Waals surface area contributed by atoms with Gasteiger partial charge in [0.25, 0.3) is 0 Å².